The maximum atomic E-state index is 12.6. The van der Waals surface area contributed by atoms with E-state index in [0.717, 1.165) is 0 Å². The highest BCUT2D eigenvalue weighted by atomic mass is 35.5. The van der Waals surface area contributed by atoms with E-state index in [-0.39, 0.29) is 35.8 Å². The third-order valence-electron chi connectivity index (χ3n) is 4.18. The molecule has 1 saturated heterocycles. The molecule has 0 bridgehead atoms. The van der Waals surface area contributed by atoms with Gasteiger partial charge in [0.05, 0.1) is 30.6 Å². The molecule has 1 fully saturated rings. The number of carbonyl (C=O) groups excluding carboxylic acids is 1. The Labute approximate surface area is 178 Å². The first-order valence-electron chi connectivity index (χ1n) is 7.54. The van der Waals surface area contributed by atoms with Crippen LogP contribution in [0.15, 0.2) is 35.3 Å². The maximum absolute atomic E-state index is 12.6. The van der Waals surface area contributed by atoms with Gasteiger partial charge in [-0.3, -0.25) is 9.59 Å². The molecular formula is C16H18Cl4N4O3. The number of esters is 1. The van der Waals surface area contributed by atoms with E-state index in [1.165, 1.54) is 18.0 Å². The van der Waals surface area contributed by atoms with Crippen molar-refractivity contribution in [3.05, 3.63) is 50.9 Å². The number of hydrogen-bond donors (Lipinski definition) is 1. The molecular weight excluding hydrogens is 438 g/mol. The Morgan fingerprint density at radius 3 is 2.44 bits per heavy atom. The van der Waals surface area contributed by atoms with Gasteiger partial charge in [0.15, 0.2) is 0 Å². The highest BCUT2D eigenvalue weighted by Gasteiger charge is 2.37. The average Bonchev–Trinajstić information content (AvgIpc) is 2.99. The molecule has 0 saturated carbocycles. The Bertz CT molecular complexity index is 860. The van der Waals surface area contributed by atoms with Gasteiger partial charge >= 0.3 is 5.97 Å². The number of anilines is 1. The summed E-state index contributed by atoms with van der Waals surface area (Å²) in [5.74, 6) is -0.853. The second-order valence-electron chi connectivity index (χ2n) is 5.74. The van der Waals surface area contributed by atoms with Crippen molar-refractivity contribution in [3.63, 3.8) is 0 Å². The van der Waals surface area contributed by atoms with E-state index in [2.05, 4.69) is 5.10 Å². The zero-order chi connectivity index (χ0) is 18.1. The fourth-order valence-corrected chi connectivity index (χ4v) is 3.21. The molecule has 3 rings (SSSR count). The van der Waals surface area contributed by atoms with Gasteiger partial charge in [-0.25, -0.2) is 0 Å². The highest BCUT2D eigenvalue weighted by Crippen LogP contribution is 2.28. The summed E-state index contributed by atoms with van der Waals surface area (Å²) in [6.45, 7) is 0.700. The first-order chi connectivity index (χ1) is 11.9. The molecule has 1 aliphatic heterocycles. The molecule has 1 aromatic carbocycles. The van der Waals surface area contributed by atoms with Gasteiger partial charge in [0, 0.05) is 24.2 Å². The highest BCUT2D eigenvalue weighted by molar-refractivity contribution is 6.33. The quantitative estimate of drug-likeness (QED) is 0.714. The minimum absolute atomic E-state index is 0. The average molecular weight is 456 g/mol. The lowest BCUT2D eigenvalue weighted by molar-refractivity contribution is -0.145. The van der Waals surface area contributed by atoms with Crippen LogP contribution in [-0.4, -0.2) is 42.0 Å². The molecule has 0 spiro atoms. The lowest BCUT2D eigenvalue weighted by Gasteiger charge is -2.19. The number of ether oxygens (including phenoxy) is 1. The molecule has 2 atom stereocenters. The Morgan fingerprint density at radius 1 is 1.22 bits per heavy atom. The molecule has 11 heteroatoms. The summed E-state index contributed by atoms with van der Waals surface area (Å²) in [4.78, 5) is 26.1. The predicted octanol–water partition coefficient (Wildman–Crippen LogP) is 2.32. The summed E-state index contributed by atoms with van der Waals surface area (Å²) in [6.07, 6.45) is 1.49. The monoisotopic (exact) mass is 454 g/mol. The number of nitrogens with zero attached hydrogens (tertiary/aromatic N) is 3. The second kappa shape index (κ2) is 9.61. The van der Waals surface area contributed by atoms with Crippen molar-refractivity contribution < 1.29 is 9.53 Å². The minimum Gasteiger partial charge on any atom is -0.469 e. The Balaban J connectivity index is 0.00000182. The van der Waals surface area contributed by atoms with Crippen LogP contribution in [0.25, 0.3) is 5.69 Å². The van der Waals surface area contributed by atoms with E-state index in [4.69, 9.17) is 33.7 Å². The number of halogens is 4. The summed E-state index contributed by atoms with van der Waals surface area (Å²) in [5.41, 5.74) is 6.54. The molecule has 2 aromatic rings. The largest absolute Gasteiger partial charge is 0.469 e. The standard InChI is InChI=1S/C16H16Cl2N4O3.2ClH/c1-25-16(24)11-7-21(8-12(11)19)13-6-20-22(15(23)14(13)18)10-4-2-9(17)3-5-10;;/h2-6,11-12H,7-8,19H2,1H3;2*1H. The van der Waals surface area contributed by atoms with Gasteiger partial charge in [-0.2, -0.15) is 9.78 Å². The third-order valence-corrected chi connectivity index (χ3v) is 4.79. The van der Waals surface area contributed by atoms with E-state index in [9.17, 15) is 9.59 Å². The third kappa shape index (κ3) is 4.67. The molecule has 1 aromatic heterocycles. The van der Waals surface area contributed by atoms with Crippen molar-refractivity contribution >= 4 is 59.7 Å². The molecule has 27 heavy (non-hydrogen) atoms. The summed E-state index contributed by atoms with van der Waals surface area (Å²) >= 11 is 12.1. The van der Waals surface area contributed by atoms with E-state index < -0.39 is 17.5 Å². The molecule has 2 heterocycles. The number of aromatic nitrogens is 2. The van der Waals surface area contributed by atoms with Crippen molar-refractivity contribution in [3.8, 4) is 5.69 Å². The van der Waals surface area contributed by atoms with Crippen molar-refractivity contribution in [1.29, 1.82) is 0 Å². The summed E-state index contributed by atoms with van der Waals surface area (Å²) < 4.78 is 5.95. The van der Waals surface area contributed by atoms with Crippen LogP contribution >= 0.6 is 48.0 Å². The van der Waals surface area contributed by atoms with E-state index >= 15 is 0 Å². The van der Waals surface area contributed by atoms with Crippen molar-refractivity contribution in [2.45, 2.75) is 6.04 Å². The zero-order valence-corrected chi connectivity index (χ0v) is 17.3. The normalized spacial score (nSPS) is 18.4. The molecule has 2 N–H and O–H groups in total. The lowest BCUT2D eigenvalue weighted by Crippen LogP contribution is -2.34. The molecule has 148 valence electrons. The van der Waals surface area contributed by atoms with E-state index in [1.807, 2.05) is 0 Å². The summed E-state index contributed by atoms with van der Waals surface area (Å²) in [6, 6.07) is 6.26. The van der Waals surface area contributed by atoms with Crippen LogP contribution in [0.5, 0.6) is 0 Å². The van der Waals surface area contributed by atoms with Crippen LogP contribution in [0, 0.1) is 5.92 Å². The number of rotatable bonds is 3. The second-order valence-corrected chi connectivity index (χ2v) is 6.55. The van der Waals surface area contributed by atoms with E-state index in [0.29, 0.717) is 29.5 Å². The lowest BCUT2D eigenvalue weighted by atomic mass is 10.1. The Kier molecular flexibility index (Phi) is 8.38. The molecule has 0 aliphatic carbocycles. The first kappa shape index (κ1) is 23.5. The molecule has 2 unspecified atom stereocenters. The van der Waals surface area contributed by atoms with Crippen LogP contribution in [0.3, 0.4) is 0 Å². The maximum Gasteiger partial charge on any atom is 0.312 e. The van der Waals surface area contributed by atoms with Gasteiger partial charge in [0.2, 0.25) is 0 Å². The van der Waals surface area contributed by atoms with Gasteiger partial charge in [-0.1, -0.05) is 23.2 Å². The van der Waals surface area contributed by atoms with Gasteiger partial charge in [0.25, 0.3) is 5.56 Å². The van der Waals surface area contributed by atoms with Crippen molar-refractivity contribution in [2.75, 3.05) is 25.1 Å². The fraction of sp³-hybridized carbons (Fsp3) is 0.312. The van der Waals surface area contributed by atoms with Crippen LogP contribution in [0.4, 0.5) is 5.69 Å². The van der Waals surface area contributed by atoms with Crippen LogP contribution in [0.2, 0.25) is 10.0 Å². The fourth-order valence-electron chi connectivity index (χ4n) is 2.84. The van der Waals surface area contributed by atoms with E-state index in [1.54, 1.807) is 29.2 Å². The molecule has 1 aliphatic rings. The smallest absolute Gasteiger partial charge is 0.312 e. The number of carbonyl (C=O) groups is 1. The van der Waals surface area contributed by atoms with Crippen molar-refractivity contribution in [2.24, 2.45) is 11.7 Å². The van der Waals surface area contributed by atoms with Gasteiger partial charge in [-0.15, -0.1) is 24.8 Å². The van der Waals surface area contributed by atoms with Crippen molar-refractivity contribution in [1.82, 2.24) is 9.78 Å². The van der Waals surface area contributed by atoms with Crippen LogP contribution < -0.4 is 16.2 Å². The molecule has 0 radical (unpaired) electrons. The predicted molar refractivity (Wildman–Crippen MR) is 110 cm³/mol. The number of hydrogen-bond acceptors (Lipinski definition) is 6. The summed E-state index contributed by atoms with van der Waals surface area (Å²) in [5, 5.41) is 4.75. The number of nitrogens with two attached hydrogens (primary N) is 1. The summed E-state index contributed by atoms with van der Waals surface area (Å²) in [7, 11) is 1.32. The first-order valence-corrected chi connectivity index (χ1v) is 8.30. The zero-order valence-electron chi connectivity index (χ0n) is 14.2. The van der Waals surface area contributed by atoms with Gasteiger partial charge in [0.1, 0.15) is 5.02 Å². The van der Waals surface area contributed by atoms with Gasteiger partial charge < -0.3 is 15.4 Å². The molecule has 7 nitrogen and oxygen atoms in total. The Hall–Kier alpha value is -1.51. The van der Waals surface area contributed by atoms with Crippen LogP contribution in [-0.2, 0) is 9.53 Å². The van der Waals surface area contributed by atoms with Gasteiger partial charge in [-0.05, 0) is 24.3 Å². The SMILES string of the molecule is COC(=O)C1CN(c2cnn(-c3ccc(Cl)cc3)c(=O)c2Cl)CC1N.Cl.Cl. The van der Waals surface area contributed by atoms with Crippen LogP contribution in [0.1, 0.15) is 0 Å². The minimum atomic E-state index is -0.472. The molecule has 0 amide bonds. The number of benzene rings is 1. The number of methoxy groups -OCH3 is 1. The Morgan fingerprint density at radius 2 is 1.85 bits per heavy atom. The topological polar surface area (TPSA) is 90.5 Å².